The Morgan fingerprint density at radius 1 is 1.00 bits per heavy atom. The summed E-state index contributed by atoms with van der Waals surface area (Å²) in [5, 5.41) is 5.49. The molecule has 1 aliphatic rings. The summed E-state index contributed by atoms with van der Waals surface area (Å²) >= 11 is 0. The minimum Gasteiger partial charge on any atom is -0.387 e. The molecule has 0 saturated carbocycles. The van der Waals surface area contributed by atoms with E-state index in [0.29, 0.717) is 19.1 Å². The van der Waals surface area contributed by atoms with Gasteiger partial charge < -0.3 is 10.6 Å². The average Bonchev–Trinajstić information content (AvgIpc) is 3.08. The van der Waals surface area contributed by atoms with Gasteiger partial charge in [0.25, 0.3) is 5.91 Å². The van der Waals surface area contributed by atoms with E-state index in [0.717, 1.165) is 22.3 Å². The van der Waals surface area contributed by atoms with Gasteiger partial charge in [0.2, 0.25) is 0 Å². The number of amides is 1. The number of rotatable bonds is 6. The van der Waals surface area contributed by atoms with E-state index in [-0.39, 0.29) is 33.7 Å². The molecule has 0 saturated heterocycles. The maximum absolute atomic E-state index is 14.9. The summed E-state index contributed by atoms with van der Waals surface area (Å²) in [6, 6.07) is 6.13. The number of carbonyl (C=O) groups is 2. The van der Waals surface area contributed by atoms with Crippen molar-refractivity contribution in [1.82, 2.24) is 10.6 Å². The first kappa shape index (κ1) is 22.4. The van der Waals surface area contributed by atoms with Crippen molar-refractivity contribution in [3.05, 3.63) is 80.4 Å². The Balaban J connectivity index is 2.28. The number of hydrogen-bond donors (Lipinski definition) is 2. The molecule has 0 fully saturated rings. The zero-order valence-corrected chi connectivity index (χ0v) is 18.4. The summed E-state index contributed by atoms with van der Waals surface area (Å²) < 4.78 is 29.8. The molecule has 0 unspecified atom stereocenters. The van der Waals surface area contributed by atoms with Crippen LogP contribution in [-0.4, -0.2) is 19.2 Å². The lowest BCUT2D eigenvalue weighted by molar-refractivity contribution is -0.116. The monoisotopic (exact) mass is 424 g/mol. The van der Waals surface area contributed by atoms with E-state index in [9.17, 15) is 18.4 Å². The highest BCUT2D eigenvalue weighted by molar-refractivity contribution is 6.21. The van der Waals surface area contributed by atoms with Gasteiger partial charge in [0, 0.05) is 18.2 Å². The fraction of sp³-hybridized carbons (Fsp3) is 0.280. The molecule has 4 nitrogen and oxygen atoms in total. The highest BCUT2D eigenvalue weighted by atomic mass is 19.1. The summed E-state index contributed by atoms with van der Waals surface area (Å²) in [6.07, 6.45) is 1.84. The Morgan fingerprint density at radius 3 is 2.13 bits per heavy atom. The molecular weight excluding hydrogens is 398 g/mol. The molecule has 2 aromatic rings. The van der Waals surface area contributed by atoms with Gasteiger partial charge in [0.05, 0.1) is 22.5 Å². The third kappa shape index (κ3) is 3.90. The van der Waals surface area contributed by atoms with Crippen LogP contribution in [0.1, 0.15) is 47.2 Å². The van der Waals surface area contributed by atoms with Crippen LogP contribution in [0.4, 0.5) is 8.78 Å². The van der Waals surface area contributed by atoms with Crippen molar-refractivity contribution < 1.29 is 18.4 Å². The predicted octanol–water partition coefficient (Wildman–Crippen LogP) is 4.38. The molecule has 1 aliphatic heterocycles. The van der Waals surface area contributed by atoms with Crippen molar-refractivity contribution >= 4 is 23.6 Å². The Bertz CT molecular complexity index is 1150. The van der Waals surface area contributed by atoms with Gasteiger partial charge in [-0.3, -0.25) is 9.59 Å². The molecule has 3 rings (SSSR count). The van der Waals surface area contributed by atoms with Gasteiger partial charge in [-0.2, -0.15) is 0 Å². The van der Waals surface area contributed by atoms with Gasteiger partial charge in [-0.1, -0.05) is 13.8 Å². The third-order valence-corrected chi connectivity index (χ3v) is 5.77. The van der Waals surface area contributed by atoms with E-state index in [1.807, 2.05) is 27.7 Å². The molecule has 0 bridgehead atoms. The van der Waals surface area contributed by atoms with Gasteiger partial charge >= 0.3 is 0 Å². The number of benzene rings is 2. The lowest BCUT2D eigenvalue weighted by atomic mass is 9.95. The smallest absolute Gasteiger partial charge is 0.258 e. The molecule has 0 aliphatic carbocycles. The normalized spacial score (nSPS) is 15.3. The van der Waals surface area contributed by atoms with E-state index in [1.165, 1.54) is 12.1 Å². The van der Waals surface area contributed by atoms with Crippen LogP contribution >= 0.6 is 0 Å². The van der Waals surface area contributed by atoms with Crippen LogP contribution in [0.3, 0.4) is 0 Å². The number of halogens is 2. The van der Waals surface area contributed by atoms with Gasteiger partial charge in [-0.15, -0.1) is 0 Å². The third-order valence-electron chi connectivity index (χ3n) is 5.77. The van der Waals surface area contributed by atoms with Crippen LogP contribution in [0.5, 0.6) is 0 Å². The standard InChI is InChI=1S/C25H26F2N2O2/c1-6-15-10-20(26)17(8-13(15)3)23-19(12-30)22(25(31)29-23)24(28-5)18-9-14(4)16(7-2)11-21(18)27/h8-12,28H,6-7H2,1-5H3,(H,29,31)/b24-22+. The van der Waals surface area contributed by atoms with Gasteiger partial charge in [0.1, 0.15) is 11.6 Å². The molecule has 2 N–H and O–H groups in total. The van der Waals surface area contributed by atoms with E-state index in [2.05, 4.69) is 10.6 Å². The highest BCUT2D eigenvalue weighted by Gasteiger charge is 2.33. The first-order valence-electron chi connectivity index (χ1n) is 10.3. The molecule has 0 spiro atoms. The molecule has 31 heavy (non-hydrogen) atoms. The van der Waals surface area contributed by atoms with E-state index in [1.54, 1.807) is 19.2 Å². The second-order valence-electron chi connectivity index (χ2n) is 7.58. The van der Waals surface area contributed by atoms with E-state index < -0.39 is 17.5 Å². The van der Waals surface area contributed by atoms with Crippen molar-refractivity contribution in [1.29, 1.82) is 0 Å². The van der Waals surface area contributed by atoms with Crippen molar-refractivity contribution in [2.24, 2.45) is 0 Å². The van der Waals surface area contributed by atoms with Crippen LogP contribution < -0.4 is 10.6 Å². The van der Waals surface area contributed by atoms with Crippen LogP contribution in [0.2, 0.25) is 0 Å². The zero-order chi connectivity index (χ0) is 22.9. The Hall–Kier alpha value is -3.28. The molecule has 162 valence electrons. The largest absolute Gasteiger partial charge is 0.387 e. The lowest BCUT2D eigenvalue weighted by Crippen LogP contribution is -2.20. The van der Waals surface area contributed by atoms with Gasteiger partial charge in [-0.05, 0) is 73.2 Å². The second-order valence-corrected chi connectivity index (χ2v) is 7.58. The first-order chi connectivity index (χ1) is 14.8. The summed E-state index contributed by atoms with van der Waals surface area (Å²) in [4.78, 5) is 24.9. The predicted molar refractivity (Wildman–Crippen MR) is 118 cm³/mol. The van der Waals surface area contributed by atoms with Crippen LogP contribution in [0.25, 0.3) is 11.4 Å². The van der Waals surface area contributed by atoms with E-state index in [4.69, 9.17) is 0 Å². The Kier molecular flexibility index (Phi) is 6.39. The van der Waals surface area contributed by atoms with Crippen molar-refractivity contribution in [3.63, 3.8) is 0 Å². The number of aldehydes is 1. The molecule has 0 aromatic heterocycles. The number of aryl methyl sites for hydroxylation is 4. The average molecular weight is 424 g/mol. The van der Waals surface area contributed by atoms with Crippen molar-refractivity contribution in [2.75, 3.05) is 7.05 Å². The van der Waals surface area contributed by atoms with Gasteiger partial charge in [0.15, 0.2) is 6.29 Å². The minimum absolute atomic E-state index is 0.00600. The van der Waals surface area contributed by atoms with E-state index >= 15 is 0 Å². The second kappa shape index (κ2) is 8.84. The maximum atomic E-state index is 14.9. The molecule has 0 radical (unpaired) electrons. The molecule has 2 aromatic carbocycles. The van der Waals surface area contributed by atoms with Crippen LogP contribution in [0, 0.1) is 25.5 Å². The minimum atomic E-state index is -0.588. The number of nitrogens with one attached hydrogen (secondary N) is 2. The fourth-order valence-electron chi connectivity index (χ4n) is 4.05. The number of carbonyl (C=O) groups excluding carboxylic acids is 2. The first-order valence-corrected chi connectivity index (χ1v) is 10.3. The molecule has 1 heterocycles. The SMILES string of the molecule is CCc1cc(F)c(C2=C(C=O)/C(=C(\NC)c3cc(C)c(CC)cc3F)C(=O)N2)cc1C. The highest BCUT2D eigenvalue weighted by Crippen LogP contribution is 2.34. The van der Waals surface area contributed by atoms with Crippen LogP contribution in [-0.2, 0) is 22.4 Å². The summed E-state index contributed by atoms with van der Waals surface area (Å²) in [5.74, 6) is -1.62. The fourth-order valence-corrected chi connectivity index (χ4v) is 4.05. The quantitative estimate of drug-likeness (QED) is 0.535. The van der Waals surface area contributed by atoms with Crippen LogP contribution in [0.15, 0.2) is 35.4 Å². The zero-order valence-electron chi connectivity index (χ0n) is 18.4. The molecule has 1 amide bonds. The summed E-state index contributed by atoms with van der Waals surface area (Å²) in [5.41, 5.74) is 4.01. The van der Waals surface area contributed by atoms with Crippen molar-refractivity contribution in [3.8, 4) is 0 Å². The maximum Gasteiger partial charge on any atom is 0.258 e. The number of hydrogen-bond acceptors (Lipinski definition) is 3. The Labute approximate surface area is 181 Å². The van der Waals surface area contributed by atoms with Gasteiger partial charge in [-0.25, -0.2) is 8.78 Å². The van der Waals surface area contributed by atoms with Crippen molar-refractivity contribution in [2.45, 2.75) is 40.5 Å². The molecule has 0 atom stereocenters. The topological polar surface area (TPSA) is 58.2 Å². The Morgan fingerprint density at radius 2 is 1.58 bits per heavy atom. The summed E-state index contributed by atoms with van der Waals surface area (Å²) in [6.45, 7) is 7.57. The molecular formula is C25H26F2N2O2. The summed E-state index contributed by atoms with van der Waals surface area (Å²) in [7, 11) is 1.55. The molecule has 6 heteroatoms. The lowest BCUT2D eigenvalue weighted by Gasteiger charge is -2.14.